The Morgan fingerprint density at radius 1 is 1.45 bits per heavy atom. The van der Waals surface area contributed by atoms with Gasteiger partial charge < -0.3 is 4.79 Å². The van der Waals surface area contributed by atoms with E-state index in [9.17, 15) is 4.79 Å². The van der Waals surface area contributed by atoms with Crippen LogP contribution in [0.1, 0.15) is 40.0 Å². The minimum absolute atomic E-state index is 0.0638. The number of carbonyl (C=O) groups excluding carboxylic acids is 1. The van der Waals surface area contributed by atoms with Gasteiger partial charge in [0.05, 0.1) is 0 Å². The van der Waals surface area contributed by atoms with Crippen molar-refractivity contribution in [3.05, 3.63) is 0 Å². The van der Waals surface area contributed by atoms with Crippen LogP contribution in [-0.2, 0) is 4.79 Å². The highest BCUT2D eigenvalue weighted by Gasteiger charge is 2.38. The van der Waals surface area contributed by atoms with E-state index in [1.54, 1.807) is 0 Å². The lowest BCUT2D eigenvalue weighted by atomic mass is 9.62. The van der Waals surface area contributed by atoms with E-state index >= 15 is 0 Å². The molecule has 1 aliphatic rings. The van der Waals surface area contributed by atoms with Gasteiger partial charge in [0.15, 0.2) is 0 Å². The van der Waals surface area contributed by atoms with Crippen LogP contribution < -0.4 is 0 Å². The van der Waals surface area contributed by atoms with Gasteiger partial charge in [0.25, 0.3) is 0 Å². The van der Waals surface area contributed by atoms with Crippen molar-refractivity contribution >= 4 is 6.29 Å². The van der Waals surface area contributed by atoms with Crippen molar-refractivity contribution < 1.29 is 4.79 Å². The van der Waals surface area contributed by atoms with Gasteiger partial charge in [-0.05, 0) is 24.7 Å². The lowest BCUT2D eigenvalue weighted by Crippen LogP contribution is -2.36. The highest BCUT2D eigenvalue weighted by Crippen LogP contribution is 2.45. The molecule has 0 bridgehead atoms. The van der Waals surface area contributed by atoms with Gasteiger partial charge in [-0.15, -0.1) is 0 Å². The van der Waals surface area contributed by atoms with Crippen LogP contribution in [0, 0.1) is 17.3 Å². The van der Waals surface area contributed by atoms with Crippen LogP contribution >= 0.6 is 0 Å². The first kappa shape index (κ1) is 8.76. The quantitative estimate of drug-likeness (QED) is 0.571. The molecule has 0 spiro atoms. The van der Waals surface area contributed by atoms with Crippen LogP contribution in [0.15, 0.2) is 0 Å². The van der Waals surface area contributed by atoms with Crippen molar-refractivity contribution in [3.63, 3.8) is 0 Å². The van der Waals surface area contributed by atoms with Gasteiger partial charge in [0.1, 0.15) is 6.29 Å². The molecule has 0 atom stereocenters. The maximum atomic E-state index is 10.7. The van der Waals surface area contributed by atoms with E-state index in [0.717, 1.165) is 12.2 Å². The Kier molecular flexibility index (Phi) is 2.36. The van der Waals surface area contributed by atoms with Gasteiger partial charge in [-0.1, -0.05) is 27.2 Å². The average Bonchev–Trinajstić information content (AvgIpc) is 1.85. The number of hydrogen-bond donors (Lipinski definition) is 0. The van der Waals surface area contributed by atoms with E-state index in [2.05, 4.69) is 20.8 Å². The van der Waals surface area contributed by atoms with Crippen LogP contribution in [-0.4, -0.2) is 6.29 Å². The summed E-state index contributed by atoms with van der Waals surface area (Å²) in [7, 11) is 0. The molecule has 0 saturated heterocycles. The van der Waals surface area contributed by atoms with Crippen molar-refractivity contribution in [1.82, 2.24) is 0 Å². The largest absolute Gasteiger partial charge is 0.303 e. The fourth-order valence-corrected chi connectivity index (χ4v) is 1.77. The second-order valence-corrected chi connectivity index (χ2v) is 4.38. The summed E-state index contributed by atoms with van der Waals surface area (Å²) in [6, 6.07) is 0. The molecule has 1 rings (SSSR count). The molecule has 0 amide bonds. The van der Waals surface area contributed by atoms with Crippen LogP contribution in [0.25, 0.3) is 0 Å². The van der Waals surface area contributed by atoms with Gasteiger partial charge in [0, 0.05) is 5.41 Å². The molecule has 0 aliphatic heterocycles. The maximum absolute atomic E-state index is 10.7. The molecule has 0 radical (unpaired) electrons. The van der Waals surface area contributed by atoms with Crippen molar-refractivity contribution in [2.45, 2.75) is 40.0 Å². The molecule has 1 aliphatic carbocycles. The Hall–Kier alpha value is -0.330. The highest BCUT2D eigenvalue weighted by atomic mass is 16.1. The van der Waals surface area contributed by atoms with Crippen molar-refractivity contribution in [2.24, 2.45) is 17.3 Å². The molecule has 11 heavy (non-hydrogen) atoms. The molecule has 0 aromatic rings. The Bertz CT molecular complexity index is 143. The lowest BCUT2D eigenvalue weighted by molar-refractivity contribution is -0.120. The monoisotopic (exact) mass is 154 g/mol. The molecule has 64 valence electrons. The Morgan fingerprint density at radius 2 is 2.00 bits per heavy atom. The normalized spacial score (nSPS) is 31.2. The summed E-state index contributed by atoms with van der Waals surface area (Å²) < 4.78 is 0. The molecule has 0 heterocycles. The van der Waals surface area contributed by atoms with Gasteiger partial charge in [-0.25, -0.2) is 0 Å². The van der Waals surface area contributed by atoms with E-state index in [1.807, 2.05) is 0 Å². The van der Waals surface area contributed by atoms with Crippen molar-refractivity contribution in [1.29, 1.82) is 0 Å². The molecule has 1 saturated carbocycles. The van der Waals surface area contributed by atoms with Gasteiger partial charge in [0.2, 0.25) is 0 Å². The third-order valence-corrected chi connectivity index (χ3v) is 3.17. The standard InChI is InChI=1S/C10H18O/c1-4-8-5-9(6-8)10(2,3)7-11/h7-9H,4-6H2,1-3H3. The second-order valence-electron chi connectivity index (χ2n) is 4.38. The van der Waals surface area contributed by atoms with Crippen LogP contribution in [0.4, 0.5) is 0 Å². The van der Waals surface area contributed by atoms with Gasteiger partial charge in [-0.3, -0.25) is 0 Å². The molecule has 1 fully saturated rings. The molecule has 0 aromatic carbocycles. The van der Waals surface area contributed by atoms with Crippen LogP contribution in [0.3, 0.4) is 0 Å². The molecule has 0 unspecified atom stereocenters. The zero-order valence-electron chi connectivity index (χ0n) is 7.76. The molecule has 0 aromatic heterocycles. The minimum atomic E-state index is -0.0638. The van der Waals surface area contributed by atoms with E-state index < -0.39 is 0 Å². The first-order valence-corrected chi connectivity index (χ1v) is 4.56. The summed E-state index contributed by atoms with van der Waals surface area (Å²) in [5.74, 6) is 1.56. The van der Waals surface area contributed by atoms with Gasteiger partial charge in [-0.2, -0.15) is 0 Å². The molecule has 1 heteroatoms. The van der Waals surface area contributed by atoms with Crippen LogP contribution in [0.2, 0.25) is 0 Å². The predicted molar refractivity (Wildman–Crippen MR) is 46.4 cm³/mol. The first-order valence-electron chi connectivity index (χ1n) is 4.56. The molecule has 0 N–H and O–H groups in total. The molecule has 1 nitrogen and oxygen atoms in total. The van der Waals surface area contributed by atoms with Gasteiger partial charge >= 0.3 is 0 Å². The van der Waals surface area contributed by atoms with E-state index in [0.29, 0.717) is 5.92 Å². The first-order chi connectivity index (χ1) is 5.10. The van der Waals surface area contributed by atoms with E-state index in [-0.39, 0.29) is 5.41 Å². The maximum Gasteiger partial charge on any atom is 0.125 e. The summed E-state index contributed by atoms with van der Waals surface area (Å²) in [5.41, 5.74) is -0.0638. The van der Waals surface area contributed by atoms with Crippen molar-refractivity contribution in [2.75, 3.05) is 0 Å². The zero-order chi connectivity index (χ0) is 8.48. The molecular formula is C10H18O. The summed E-state index contributed by atoms with van der Waals surface area (Å²) >= 11 is 0. The third kappa shape index (κ3) is 1.63. The number of rotatable bonds is 3. The number of aldehydes is 1. The third-order valence-electron chi connectivity index (χ3n) is 3.17. The fourth-order valence-electron chi connectivity index (χ4n) is 1.77. The highest BCUT2D eigenvalue weighted by molar-refractivity contribution is 5.58. The van der Waals surface area contributed by atoms with Crippen LogP contribution in [0.5, 0.6) is 0 Å². The molecular weight excluding hydrogens is 136 g/mol. The summed E-state index contributed by atoms with van der Waals surface area (Å²) in [6.07, 6.45) is 4.93. The Balaban J connectivity index is 2.37. The lowest BCUT2D eigenvalue weighted by Gasteiger charge is -2.42. The summed E-state index contributed by atoms with van der Waals surface area (Å²) in [6.45, 7) is 6.34. The Labute approximate surface area is 69.2 Å². The Morgan fingerprint density at radius 3 is 2.36 bits per heavy atom. The van der Waals surface area contributed by atoms with Crippen molar-refractivity contribution in [3.8, 4) is 0 Å². The average molecular weight is 154 g/mol. The number of hydrogen-bond acceptors (Lipinski definition) is 1. The minimum Gasteiger partial charge on any atom is -0.303 e. The smallest absolute Gasteiger partial charge is 0.125 e. The number of carbonyl (C=O) groups is 1. The fraction of sp³-hybridized carbons (Fsp3) is 0.900. The summed E-state index contributed by atoms with van der Waals surface area (Å²) in [4.78, 5) is 10.7. The van der Waals surface area contributed by atoms with E-state index in [1.165, 1.54) is 19.3 Å². The van der Waals surface area contributed by atoms with E-state index in [4.69, 9.17) is 0 Å². The SMILES string of the molecule is CCC1CC(C(C)(C)C=O)C1. The summed E-state index contributed by atoms with van der Waals surface area (Å²) in [5, 5.41) is 0. The zero-order valence-corrected chi connectivity index (χ0v) is 7.76. The predicted octanol–water partition coefficient (Wildman–Crippen LogP) is 2.65. The second kappa shape index (κ2) is 2.96. The topological polar surface area (TPSA) is 17.1 Å².